The summed E-state index contributed by atoms with van der Waals surface area (Å²) >= 11 is 1.78. The van der Waals surface area contributed by atoms with Crippen molar-refractivity contribution in [3.8, 4) is 0 Å². The smallest absolute Gasteiger partial charge is 0.0938 e. The Hall–Kier alpha value is -0.930. The number of nitrogens with zero attached hydrogens (tertiary/aromatic N) is 1. The van der Waals surface area contributed by atoms with Crippen molar-refractivity contribution in [1.29, 1.82) is 0 Å². The first-order valence-electron chi connectivity index (χ1n) is 5.78. The van der Waals surface area contributed by atoms with Crippen molar-refractivity contribution in [1.82, 2.24) is 4.98 Å². The molecule has 86 valence electrons. The van der Waals surface area contributed by atoms with Crippen LogP contribution in [0.5, 0.6) is 0 Å². The van der Waals surface area contributed by atoms with E-state index in [0.717, 1.165) is 31.2 Å². The Morgan fingerprint density at radius 1 is 1.31 bits per heavy atom. The molecule has 1 heterocycles. The minimum absolute atomic E-state index is 0.171. The molecule has 2 nitrogen and oxygen atoms in total. The van der Waals surface area contributed by atoms with Crippen molar-refractivity contribution in [3.05, 3.63) is 29.3 Å². The summed E-state index contributed by atoms with van der Waals surface area (Å²) in [6.07, 6.45) is 3.95. The predicted octanol–water partition coefficient (Wildman–Crippen LogP) is 3.39. The van der Waals surface area contributed by atoms with Gasteiger partial charge < -0.3 is 5.11 Å². The molecular formula is C13H17NOS. The molecule has 0 amide bonds. The number of aliphatic hydroxyl groups is 1. The summed E-state index contributed by atoms with van der Waals surface area (Å²) in [5.41, 5.74) is 1.11. The summed E-state index contributed by atoms with van der Waals surface area (Å²) < 4.78 is 1.27. The number of benzene rings is 1. The van der Waals surface area contributed by atoms with Crippen LogP contribution >= 0.6 is 11.3 Å². The summed E-state index contributed by atoms with van der Waals surface area (Å²) in [4.78, 5) is 4.59. The van der Waals surface area contributed by atoms with Crippen LogP contribution in [-0.2, 0) is 6.42 Å². The van der Waals surface area contributed by atoms with Gasteiger partial charge in [-0.25, -0.2) is 4.98 Å². The molecule has 0 spiro atoms. The molecule has 0 aliphatic heterocycles. The summed E-state index contributed by atoms with van der Waals surface area (Å²) in [7, 11) is 0. The van der Waals surface area contributed by atoms with Crippen molar-refractivity contribution in [2.45, 2.75) is 38.7 Å². The summed E-state index contributed by atoms with van der Waals surface area (Å²) in [6.45, 7) is 1.84. The molecule has 0 fully saturated rings. The minimum atomic E-state index is -0.171. The van der Waals surface area contributed by atoms with Crippen LogP contribution in [0.3, 0.4) is 0 Å². The van der Waals surface area contributed by atoms with E-state index in [1.54, 1.807) is 11.3 Å². The number of aryl methyl sites for hydroxylation is 1. The molecule has 0 bridgehead atoms. The van der Waals surface area contributed by atoms with Crippen LogP contribution in [0.25, 0.3) is 10.2 Å². The zero-order chi connectivity index (χ0) is 11.4. The van der Waals surface area contributed by atoms with Gasteiger partial charge in [-0.05, 0) is 38.3 Å². The van der Waals surface area contributed by atoms with E-state index in [-0.39, 0.29) is 6.10 Å². The molecule has 0 saturated carbocycles. The third-order valence-corrected chi connectivity index (χ3v) is 3.70. The average Bonchev–Trinajstić information content (AvgIpc) is 2.66. The summed E-state index contributed by atoms with van der Waals surface area (Å²) in [5, 5.41) is 10.4. The number of para-hydroxylation sites is 1. The molecular weight excluding hydrogens is 218 g/mol. The van der Waals surface area contributed by atoms with Gasteiger partial charge >= 0.3 is 0 Å². The number of hydrogen-bond acceptors (Lipinski definition) is 3. The maximum absolute atomic E-state index is 9.15. The quantitative estimate of drug-likeness (QED) is 0.806. The Morgan fingerprint density at radius 3 is 2.88 bits per heavy atom. The van der Waals surface area contributed by atoms with E-state index in [4.69, 9.17) is 5.11 Å². The standard InChI is InChI=1S/C13H17NOS/c1-10(15)6-2-5-9-13-14-11-7-3-4-8-12(11)16-13/h3-4,7-8,10,15H,2,5-6,9H2,1H3/t10-/m0/s1. The van der Waals surface area contributed by atoms with Crippen molar-refractivity contribution in [2.24, 2.45) is 0 Å². The van der Waals surface area contributed by atoms with Crippen LogP contribution in [0.2, 0.25) is 0 Å². The van der Waals surface area contributed by atoms with Gasteiger partial charge in [0.15, 0.2) is 0 Å². The molecule has 1 atom stereocenters. The highest BCUT2D eigenvalue weighted by molar-refractivity contribution is 7.18. The van der Waals surface area contributed by atoms with E-state index >= 15 is 0 Å². The van der Waals surface area contributed by atoms with E-state index in [2.05, 4.69) is 23.2 Å². The molecule has 0 aliphatic carbocycles. The summed E-state index contributed by atoms with van der Waals surface area (Å²) in [5.74, 6) is 0. The number of fused-ring (bicyclic) bond motifs is 1. The Bertz CT molecular complexity index is 417. The van der Waals surface area contributed by atoms with E-state index in [9.17, 15) is 0 Å². The van der Waals surface area contributed by atoms with E-state index in [0.29, 0.717) is 0 Å². The fourth-order valence-corrected chi connectivity index (χ4v) is 2.75. The molecule has 0 aliphatic rings. The van der Waals surface area contributed by atoms with Gasteiger partial charge in [-0.3, -0.25) is 0 Å². The van der Waals surface area contributed by atoms with Gasteiger partial charge in [0.25, 0.3) is 0 Å². The van der Waals surface area contributed by atoms with Crippen LogP contribution in [0.1, 0.15) is 31.2 Å². The van der Waals surface area contributed by atoms with Crippen LogP contribution in [-0.4, -0.2) is 16.2 Å². The zero-order valence-corrected chi connectivity index (χ0v) is 10.3. The predicted molar refractivity (Wildman–Crippen MR) is 68.9 cm³/mol. The van der Waals surface area contributed by atoms with E-state index < -0.39 is 0 Å². The van der Waals surface area contributed by atoms with Gasteiger partial charge in [0.2, 0.25) is 0 Å². The molecule has 2 rings (SSSR count). The Labute approximate surface area is 100.0 Å². The first-order chi connectivity index (χ1) is 7.75. The lowest BCUT2D eigenvalue weighted by molar-refractivity contribution is 0.180. The second kappa shape index (κ2) is 5.41. The normalized spacial score (nSPS) is 13.1. The molecule has 3 heteroatoms. The fourth-order valence-electron chi connectivity index (χ4n) is 1.74. The number of hydrogen-bond donors (Lipinski definition) is 1. The van der Waals surface area contributed by atoms with Gasteiger partial charge in [0.1, 0.15) is 0 Å². The molecule has 0 saturated heterocycles. The SMILES string of the molecule is C[C@H](O)CCCCc1nc2ccccc2s1. The van der Waals surface area contributed by atoms with E-state index in [1.807, 2.05) is 13.0 Å². The molecule has 0 unspecified atom stereocenters. The number of unbranched alkanes of at least 4 members (excludes halogenated alkanes) is 1. The average molecular weight is 235 g/mol. The summed E-state index contributed by atoms with van der Waals surface area (Å²) in [6, 6.07) is 8.26. The van der Waals surface area contributed by atoms with Crippen LogP contribution < -0.4 is 0 Å². The van der Waals surface area contributed by atoms with Crippen LogP contribution in [0.15, 0.2) is 24.3 Å². The van der Waals surface area contributed by atoms with Crippen LogP contribution in [0.4, 0.5) is 0 Å². The third-order valence-electron chi connectivity index (χ3n) is 2.60. The van der Waals surface area contributed by atoms with Crippen molar-refractivity contribution in [2.75, 3.05) is 0 Å². The van der Waals surface area contributed by atoms with Crippen molar-refractivity contribution < 1.29 is 5.11 Å². The van der Waals surface area contributed by atoms with Crippen LogP contribution in [0, 0.1) is 0 Å². The van der Waals surface area contributed by atoms with Gasteiger partial charge in [0.05, 0.1) is 21.3 Å². The van der Waals surface area contributed by atoms with Gasteiger partial charge in [-0.15, -0.1) is 11.3 Å². The molecule has 1 N–H and O–H groups in total. The minimum Gasteiger partial charge on any atom is -0.393 e. The Kier molecular flexibility index (Phi) is 3.91. The third kappa shape index (κ3) is 3.03. The maximum Gasteiger partial charge on any atom is 0.0938 e. The lowest BCUT2D eigenvalue weighted by Gasteiger charge is -2.01. The molecule has 1 aromatic heterocycles. The first-order valence-corrected chi connectivity index (χ1v) is 6.60. The number of aromatic nitrogens is 1. The molecule has 1 aromatic carbocycles. The lowest BCUT2D eigenvalue weighted by Crippen LogP contribution is -1.98. The Balaban J connectivity index is 1.89. The van der Waals surface area contributed by atoms with Crippen molar-refractivity contribution in [3.63, 3.8) is 0 Å². The number of rotatable bonds is 5. The Morgan fingerprint density at radius 2 is 2.12 bits per heavy atom. The molecule has 16 heavy (non-hydrogen) atoms. The first kappa shape index (κ1) is 11.6. The molecule has 0 radical (unpaired) electrons. The largest absolute Gasteiger partial charge is 0.393 e. The zero-order valence-electron chi connectivity index (χ0n) is 9.52. The maximum atomic E-state index is 9.15. The second-order valence-corrected chi connectivity index (χ2v) is 5.29. The van der Waals surface area contributed by atoms with Crippen molar-refractivity contribution >= 4 is 21.6 Å². The number of thiazole rings is 1. The topological polar surface area (TPSA) is 33.1 Å². The fraction of sp³-hybridized carbons (Fsp3) is 0.462. The molecule has 2 aromatic rings. The number of aliphatic hydroxyl groups excluding tert-OH is 1. The monoisotopic (exact) mass is 235 g/mol. The highest BCUT2D eigenvalue weighted by Crippen LogP contribution is 2.22. The highest BCUT2D eigenvalue weighted by Gasteiger charge is 2.03. The van der Waals surface area contributed by atoms with Gasteiger partial charge in [-0.2, -0.15) is 0 Å². The van der Waals surface area contributed by atoms with E-state index in [1.165, 1.54) is 9.71 Å². The van der Waals surface area contributed by atoms with Gasteiger partial charge in [0, 0.05) is 0 Å². The highest BCUT2D eigenvalue weighted by atomic mass is 32.1. The second-order valence-electron chi connectivity index (χ2n) is 4.17. The van der Waals surface area contributed by atoms with Gasteiger partial charge in [-0.1, -0.05) is 18.6 Å². The lowest BCUT2D eigenvalue weighted by atomic mass is 10.1.